The fourth-order valence-electron chi connectivity index (χ4n) is 2.95. The van der Waals surface area contributed by atoms with Gasteiger partial charge in [-0.05, 0) is 29.8 Å². The number of imidazole rings is 1. The number of halogens is 3. The first-order valence-electron chi connectivity index (χ1n) is 8.88. The Kier molecular flexibility index (Phi) is 5.87. The number of hydrogen-bond donors (Lipinski definition) is 2. The van der Waals surface area contributed by atoms with Crippen LogP contribution in [-0.2, 0) is 19.1 Å². The number of nitrogens with one attached hydrogen (secondary N) is 2. The normalized spacial score (nSPS) is 12.4. The molecule has 0 fully saturated rings. The van der Waals surface area contributed by atoms with Crippen molar-refractivity contribution in [1.29, 1.82) is 0 Å². The molecule has 28 heavy (non-hydrogen) atoms. The Labute approximate surface area is 161 Å². The highest BCUT2D eigenvalue weighted by molar-refractivity contribution is 5.79. The second-order valence-corrected chi connectivity index (χ2v) is 6.48. The van der Waals surface area contributed by atoms with Crippen LogP contribution >= 0.6 is 0 Å². The van der Waals surface area contributed by atoms with Crippen LogP contribution in [0.1, 0.15) is 17.0 Å². The summed E-state index contributed by atoms with van der Waals surface area (Å²) in [6.07, 6.45) is -3.62. The maximum atomic E-state index is 12.7. The zero-order chi connectivity index (χ0) is 20.1. The number of alkyl halides is 3. The van der Waals surface area contributed by atoms with Gasteiger partial charge >= 0.3 is 6.18 Å². The van der Waals surface area contributed by atoms with Crippen molar-refractivity contribution in [3.63, 3.8) is 0 Å². The summed E-state index contributed by atoms with van der Waals surface area (Å²) in [6, 6.07) is 13.0. The minimum Gasteiger partial charge on any atom is -0.356 e. The molecule has 0 saturated heterocycles. The number of aliphatic imine (C=N–C) groups is 1. The van der Waals surface area contributed by atoms with Crippen molar-refractivity contribution in [1.82, 2.24) is 20.2 Å². The van der Waals surface area contributed by atoms with E-state index >= 15 is 0 Å². The molecular weight excluding hydrogens is 367 g/mol. The Hall–Kier alpha value is -3.03. The fourth-order valence-corrected chi connectivity index (χ4v) is 2.95. The Morgan fingerprint density at radius 2 is 1.86 bits per heavy atom. The van der Waals surface area contributed by atoms with Crippen LogP contribution in [0.25, 0.3) is 11.0 Å². The Balaban J connectivity index is 1.54. The molecule has 8 heteroatoms. The topological polar surface area (TPSA) is 56.3 Å². The number of aromatic nitrogens is 2. The number of para-hydroxylation sites is 2. The van der Waals surface area contributed by atoms with Crippen LogP contribution in [0.15, 0.2) is 53.5 Å². The van der Waals surface area contributed by atoms with Gasteiger partial charge in [-0.1, -0.05) is 24.3 Å². The number of benzene rings is 2. The lowest BCUT2D eigenvalue weighted by atomic mass is 10.1. The molecule has 1 aromatic heterocycles. The van der Waals surface area contributed by atoms with E-state index in [-0.39, 0.29) is 0 Å². The van der Waals surface area contributed by atoms with Gasteiger partial charge in [0.15, 0.2) is 5.96 Å². The lowest BCUT2D eigenvalue weighted by Gasteiger charge is -2.22. The first-order valence-corrected chi connectivity index (χ1v) is 8.88. The van der Waals surface area contributed by atoms with Crippen LogP contribution in [-0.4, -0.2) is 41.5 Å². The second kappa shape index (κ2) is 8.33. The molecule has 5 nitrogen and oxygen atoms in total. The zero-order valence-electron chi connectivity index (χ0n) is 15.7. The molecule has 1 heterocycles. The van der Waals surface area contributed by atoms with E-state index in [4.69, 9.17) is 0 Å². The van der Waals surface area contributed by atoms with Gasteiger partial charge in [0, 0.05) is 33.6 Å². The largest absolute Gasteiger partial charge is 0.416 e. The van der Waals surface area contributed by atoms with Gasteiger partial charge in [0.25, 0.3) is 0 Å². The molecule has 3 rings (SSSR count). The number of nitrogens with zero attached hydrogens (tertiary/aromatic N) is 3. The van der Waals surface area contributed by atoms with Crippen LogP contribution < -0.4 is 5.32 Å². The highest BCUT2D eigenvalue weighted by Gasteiger charge is 2.29. The van der Waals surface area contributed by atoms with E-state index in [9.17, 15) is 13.2 Å². The molecule has 0 atom stereocenters. The Morgan fingerprint density at radius 3 is 2.50 bits per heavy atom. The molecule has 2 aromatic carbocycles. The van der Waals surface area contributed by atoms with Crippen molar-refractivity contribution in [3.8, 4) is 0 Å². The van der Waals surface area contributed by atoms with Gasteiger partial charge in [-0.15, -0.1) is 0 Å². The van der Waals surface area contributed by atoms with Gasteiger partial charge in [-0.25, -0.2) is 4.98 Å². The predicted molar refractivity (Wildman–Crippen MR) is 104 cm³/mol. The smallest absolute Gasteiger partial charge is 0.356 e. The van der Waals surface area contributed by atoms with Crippen molar-refractivity contribution in [2.45, 2.75) is 19.1 Å². The molecule has 0 spiro atoms. The second-order valence-electron chi connectivity index (χ2n) is 6.48. The van der Waals surface area contributed by atoms with E-state index in [1.54, 1.807) is 7.05 Å². The summed E-state index contributed by atoms with van der Waals surface area (Å²) in [5.74, 6) is 1.55. The summed E-state index contributed by atoms with van der Waals surface area (Å²) < 4.78 is 38.0. The number of fused-ring (bicyclic) bond motifs is 1. The quantitative estimate of drug-likeness (QED) is 0.515. The molecule has 0 saturated carbocycles. The van der Waals surface area contributed by atoms with E-state index in [2.05, 4.69) is 20.3 Å². The van der Waals surface area contributed by atoms with Crippen LogP contribution in [0.3, 0.4) is 0 Å². The van der Waals surface area contributed by atoms with E-state index in [1.165, 1.54) is 12.1 Å². The number of aromatic amines is 1. The van der Waals surface area contributed by atoms with Crippen molar-refractivity contribution in [2.24, 2.45) is 4.99 Å². The minimum absolute atomic E-state index is 0.447. The maximum Gasteiger partial charge on any atom is 0.416 e. The lowest BCUT2D eigenvalue weighted by Crippen LogP contribution is -2.39. The summed E-state index contributed by atoms with van der Waals surface area (Å²) in [4.78, 5) is 13.9. The van der Waals surface area contributed by atoms with Gasteiger partial charge in [0.05, 0.1) is 16.6 Å². The van der Waals surface area contributed by atoms with Gasteiger partial charge in [-0.2, -0.15) is 13.2 Å². The standard InChI is InChI=1S/C20H22F3N5/c1-24-19(25-12-11-18-26-16-5-3-4-6-17(16)27-18)28(2)13-14-7-9-15(10-8-14)20(21,22)23/h3-10H,11-13H2,1-2H3,(H,24,25)(H,26,27). The summed E-state index contributed by atoms with van der Waals surface area (Å²) in [5, 5.41) is 3.25. The van der Waals surface area contributed by atoms with Crippen LogP contribution in [0.5, 0.6) is 0 Å². The van der Waals surface area contributed by atoms with E-state index < -0.39 is 11.7 Å². The highest BCUT2D eigenvalue weighted by atomic mass is 19.4. The summed E-state index contributed by atoms with van der Waals surface area (Å²) in [7, 11) is 3.51. The van der Waals surface area contributed by atoms with Gasteiger partial charge in [0.1, 0.15) is 5.82 Å². The minimum atomic E-state index is -4.32. The molecule has 148 valence electrons. The SMILES string of the molecule is CN=C(NCCc1nc2ccccc2[nH]1)N(C)Cc1ccc(C(F)(F)F)cc1. The van der Waals surface area contributed by atoms with E-state index in [0.717, 1.165) is 34.6 Å². The molecule has 0 bridgehead atoms. The number of H-pyrrole nitrogens is 1. The number of guanidine groups is 1. The van der Waals surface area contributed by atoms with Crippen LogP contribution in [0.2, 0.25) is 0 Å². The van der Waals surface area contributed by atoms with Crippen molar-refractivity contribution >= 4 is 17.0 Å². The molecule has 0 unspecified atom stereocenters. The number of rotatable bonds is 5. The average Bonchev–Trinajstić information content (AvgIpc) is 3.07. The van der Waals surface area contributed by atoms with Gasteiger partial charge in [-0.3, -0.25) is 4.99 Å². The molecule has 0 radical (unpaired) electrons. The van der Waals surface area contributed by atoms with E-state index in [0.29, 0.717) is 25.5 Å². The van der Waals surface area contributed by atoms with Crippen molar-refractivity contribution in [3.05, 3.63) is 65.5 Å². The first kappa shape index (κ1) is 19.7. The van der Waals surface area contributed by atoms with Crippen LogP contribution in [0, 0.1) is 0 Å². The molecular formula is C20H22F3N5. The summed E-state index contributed by atoms with van der Waals surface area (Å²) in [5.41, 5.74) is 2.06. The average molecular weight is 389 g/mol. The molecule has 2 N–H and O–H groups in total. The highest BCUT2D eigenvalue weighted by Crippen LogP contribution is 2.29. The molecule has 0 aliphatic carbocycles. The Morgan fingerprint density at radius 1 is 1.14 bits per heavy atom. The van der Waals surface area contributed by atoms with Gasteiger partial charge < -0.3 is 15.2 Å². The van der Waals surface area contributed by atoms with Crippen molar-refractivity contribution < 1.29 is 13.2 Å². The zero-order valence-corrected chi connectivity index (χ0v) is 15.7. The fraction of sp³-hybridized carbons (Fsp3) is 0.300. The van der Waals surface area contributed by atoms with Gasteiger partial charge in [0.2, 0.25) is 0 Å². The summed E-state index contributed by atoms with van der Waals surface area (Å²) >= 11 is 0. The molecule has 0 amide bonds. The van der Waals surface area contributed by atoms with E-state index in [1.807, 2.05) is 36.2 Å². The van der Waals surface area contributed by atoms with Crippen molar-refractivity contribution in [2.75, 3.05) is 20.6 Å². The Bertz CT molecular complexity index is 911. The third-order valence-electron chi connectivity index (χ3n) is 4.36. The third-order valence-corrected chi connectivity index (χ3v) is 4.36. The maximum absolute atomic E-state index is 12.7. The summed E-state index contributed by atoms with van der Waals surface area (Å²) in [6.45, 7) is 1.08. The molecule has 3 aromatic rings. The third kappa shape index (κ3) is 4.82. The molecule has 0 aliphatic rings. The monoisotopic (exact) mass is 389 g/mol. The number of hydrogen-bond acceptors (Lipinski definition) is 2. The van der Waals surface area contributed by atoms with Crippen LogP contribution in [0.4, 0.5) is 13.2 Å². The lowest BCUT2D eigenvalue weighted by molar-refractivity contribution is -0.137. The predicted octanol–water partition coefficient (Wildman–Crippen LogP) is 3.83. The first-order chi connectivity index (χ1) is 13.4. The molecule has 0 aliphatic heterocycles.